The van der Waals surface area contributed by atoms with E-state index >= 15 is 0 Å². The molecular weight excluding hydrogens is 289 g/mol. The van der Waals surface area contributed by atoms with E-state index in [9.17, 15) is 12.8 Å². The number of hydrogen-bond donors (Lipinski definition) is 0. The van der Waals surface area contributed by atoms with Gasteiger partial charge in [-0.3, -0.25) is 0 Å². The second kappa shape index (κ2) is 5.77. The first-order chi connectivity index (χ1) is 8.93. The van der Waals surface area contributed by atoms with E-state index in [1.807, 2.05) is 0 Å². The number of halogens is 2. The molecule has 2 unspecified atom stereocenters. The van der Waals surface area contributed by atoms with Gasteiger partial charge in [0.25, 0.3) is 0 Å². The van der Waals surface area contributed by atoms with E-state index in [1.54, 1.807) is 0 Å². The molecule has 1 aromatic rings. The van der Waals surface area contributed by atoms with Crippen LogP contribution in [0.4, 0.5) is 4.39 Å². The van der Waals surface area contributed by atoms with E-state index in [0.29, 0.717) is 0 Å². The molecule has 0 heterocycles. The normalized spacial score (nSPS) is 24.6. The molecule has 0 radical (unpaired) electrons. The zero-order valence-corrected chi connectivity index (χ0v) is 12.3. The predicted octanol–water partition coefficient (Wildman–Crippen LogP) is 3.00. The van der Waals surface area contributed by atoms with E-state index in [0.717, 1.165) is 31.7 Å². The molecule has 0 saturated heterocycles. The Morgan fingerprint density at radius 1 is 1.32 bits per heavy atom. The highest BCUT2D eigenvalue weighted by Gasteiger charge is 2.34. The fourth-order valence-electron chi connectivity index (χ4n) is 2.45. The van der Waals surface area contributed by atoms with Crippen molar-refractivity contribution in [2.75, 3.05) is 7.05 Å². The van der Waals surface area contributed by atoms with Gasteiger partial charge in [-0.15, -0.1) is 11.6 Å². The van der Waals surface area contributed by atoms with Crippen molar-refractivity contribution in [3.05, 3.63) is 30.1 Å². The van der Waals surface area contributed by atoms with Crippen LogP contribution in [0.3, 0.4) is 0 Å². The van der Waals surface area contributed by atoms with Crippen LogP contribution < -0.4 is 0 Å². The summed E-state index contributed by atoms with van der Waals surface area (Å²) in [5.41, 5.74) is 0. The molecule has 2 rings (SSSR count). The highest BCUT2D eigenvalue weighted by Crippen LogP contribution is 2.30. The van der Waals surface area contributed by atoms with Crippen LogP contribution in [0.25, 0.3) is 0 Å². The molecular formula is C13H17ClFNO2S. The first-order valence-corrected chi connectivity index (χ1v) is 8.18. The number of rotatable bonds is 3. The van der Waals surface area contributed by atoms with Gasteiger partial charge in [0, 0.05) is 13.1 Å². The lowest BCUT2D eigenvalue weighted by Gasteiger charge is -2.34. The number of sulfonamides is 1. The van der Waals surface area contributed by atoms with Crippen LogP contribution in [0, 0.1) is 5.82 Å². The van der Waals surface area contributed by atoms with Gasteiger partial charge in [-0.25, -0.2) is 12.8 Å². The van der Waals surface area contributed by atoms with Crippen molar-refractivity contribution in [2.45, 2.75) is 42.0 Å². The second-order valence-electron chi connectivity index (χ2n) is 4.85. The van der Waals surface area contributed by atoms with E-state index < -0.39 is 15.8 Å². The molecule has 1 fully saturated rings. The lowest BCUT2D eigenvalue weighted by molar-refractivity contribution is 0.291. The lowest BCUT2D eigenvalue weighted by atomic mass is 9.95. The zero-order chi connectivity index (χ0) is 14.0. The van der Waals surface area contributed by atoms with Crippen molar-refractivity contribution in [3.63, 3.8) is 0 Å². The molecule has 106 valence electrons. The summed E-state index contributed by atoms with van der Waals surface area (Å²) >= 11 is 6.22. The summed E-state index contributed by atoms with van der Waals surface area (Å²) in [5, 5.41) is -0.179. The van der Waals surface area contributed by atoms with Crippen LogP contribution in [0.15, 0.2) is 29.2 Å². The van der Waals surface area contributed by atoms with E-state index in [-0.39, 0.29) is 16.3 Å². The fourth-order valence-corrected chi connectivity index (χ4v) is 4.42. The topological polar surface area (TPSA) is 37.4 Å². The first kappa shape index (κ1) is 14.8. The summed E-state index contributed by atoms with van der Waals surface area (Å²) < 4.78 is 39.3. The molecule has 0 aromatic heterocycles. The van der Waals surface area contributed by atoms with Crippen molar-refractivity contribution in [2.24, 2.45) is 0 Å². The minimum Gasteiger partial charge on any atom is -0.207 e. The van der Waals surface area contributed by atoms with Gasteiger partial charge in [-0.05, 0) is 31.0 Å². The molecule has 0 N–H and O–H groups in total. The average molecular weight is 306 g/mol. The summed E-state index contributed by atoms with van der Waals surface area (Å²) in [6, 6.07) is 4.85. The first-order valence-electron chi connectivity index (χ1n) is 6.30. The number of nitrogens with zero attached hydrogens (tertiary/aromatic N) is 1. The van der Waals surface area contributed by atoms with Crippen molar-refractivity contribution >= 4 is 21.6 Å². The molecule has 0 aliphatic heterocycles. The molecule has 19 heavy (non-hydrogen) atoms. The minimum absolute atomic E-state index is 0.0237. The molecule has 3 nitrogen and oxygen atoms in total. The molecule has 0 spiro atoms. The molecule has 6 heteroatoms. The Morgan fingerprint density at radius 3 is 2.63 bits per heavy atom. The Labute approximate surface area is 118 Å². The van der Waals surface area contributed by atoms with Crippen LogP contribution in [0.5, 0.6) is 0 Å². The third kappa shape index (κ3) is 3.09. The van der Waals surface area contributed by atoms with Gasteiger partial charge in [-0.2, -0.15) is 4.31 Å². The van der Waals surface area contributed by atoms with Gasteiger partial charge >= 0.3 is 0 Å². The monoisotopic (exact) mass is 305 g/mol. The van der Waals surface area contributed by atoms with Crippen LogP contribution in [-0.4, -0.2) is 31.2 Å². The predicted molar refractivity (Wildman–Crippen MR) is 73.2 cm³/mol. The smallest absolute Gasteiger partial charge is 0.207 e. The summed E-state index contributed by atoms with van der Waals surface area (Å²) in [7, 11) is -2.17. The van der Waals surface area contributed by atoms with E-state index in [1.165, 1.54) is 29.6 Å². The van der Waals surface area contributed by atoms with Gasteiger partial charge < -0.3 is 0 Å². The Balaban J connectivity index is 2.28. The summed E-state index contributed by atoms with van der Waals surface area (Å²) in [6.45, 7) is 0. The summed E-state index contributed by atoms with van der Waals surface area (Å²) in [6.07, 6.45) is 3.56. The van der Waals surface area contributed by atoms with Gasteiger partial charge in [0.1, 0.15) is 5.82 Å². The Bertz CT molecular complexity index is 549. The zero-order valence-electron chi connectivity index (χ0n) is 10.7. The molecule has 2 atom stereocenters. The largest absolute Gasteiger partial charge is 0.243 e. The number of benzene rings is 1. The van der Waals surface area contributed by atoms with Crippen LogP contribution in [0.1, 0.15) is 25.7 Å². The summed E-state index contributed by atoms with van der Waals surface area (Å²) in [5.74, 6) is -0.555. The maximum atomic E-state index is 13.2. The van der Waals surface area contributed by atoms with Gasteiger partial charge in [0.2, 0.25) is 10.0 Å². The third-order valence-electron chi connectivity index (χ3n) is 3.59. The number of alkyl halides is 1. The minimum atomic E-state index is -3.69. The van der Waals surface area contributed by atoms with Crippen LogP contribution in [0.2, 0.25) is 0 Å². The van der Waals surface area contributed by atoms with Crippen LogP contribution >= 0.6 is 11.6 Å². The number of hydrogen-bond acceptors (Lipinski definition) is 2. The van der Waals surface area contributed by atoms with Gasteiger partial charge in [0.15, 0.2) is 0 Å². The standard InChI is InChI=1S/C13H17ClFNO2S/c1-16(13-8-3-2-7-12(13)14)19(17,18)11-6-4-5-10(15)9-11/h4-6,9,12-13H,2-3,7-8H2,1H3. The molecule has 1 aliphatic rings. The molecule has 0 bridgehead atoms. The van der Waals surface area contributed by atoms with E-state index in [4.69, 9.17) is 11.6 Å². The lowest BCUT2D eigenvalue weighted by Crippen LogP contribution is -2.44. The van der Waals surface area contributed by atoms with Gasteiger partial charge in [-0.1, -0.05) is 18.9 Å². The molecule has 0 amide bonds. The van der Waals surface area contributed by atoms with E-state index in [2.05, 4.69) is 0 Å². The Hall–Kier alpha value is -0.650. The highest BCUT2D eigenvalue weighted by molar-refractivity contribution is 7.89. The van der Waals surface area contributed by atoms with Crippen molar-refractivity contribution in [1.29, 1.82) is 0 Å². The molecule has 1 saturated carbocycles. The van der Waals surface area contributed by atoms with Crippen molar-refractivity contribution in [1.82, 2.24) is 4.31 Å². The highest BCUT2D eigenvalue weighted by atomic mass is 35.5. The Morgan fingerprint density at radius 2 is 2.00 bits per heavy atom. The van der Waals surface area contributed by atoms with Gasteiger partial charge in [0.05, 0.1) is 10.3 Å². The summed E-state index contributed by atoms with van der Waals surface area (Å²) in [4.78, 5) is -0.0237. The van der Waals surface area contributed by atoms with Crippen molar-refractivity contribution < 1.29 is 12.8 Å². The molecule has 1 aliphatic carbocycles. The quantitative estimate of drug-likeness (QED) is 0.805. The second-order valence-corrected chi connectivity index (χ2v) is 7.40. The maximum Gasteiger partial charge on any atom is 0.243 e. The fraction of sp³-hybridized carbons (Fsp3) is 0.538. The van der Waals surface area contributed by atoms with Crippen LogP contribution in [-0.2, 0) is 10.0 Å². The average Bonchev–Trinajstić information content (AvgIpc) is 2.38. The third-order valence-corrected chi connectivity index (χ3v) is 5.98. The molecule has 1 aromatic carbocycles. The SMILES string of the molecule is CN(C1CCCCC1Cl)S(=O)(=O)c1cccc(F)c1. The van der Waals surface area contributed by atoms with Crippen molar-refractivity contribution in [3.8, 4) is 0 Å². The maximum absolute atomic E-state index is 13.2. The Kier molecular flexibility index (Phi) is 4.48.